The maximum Gasteiger partial charge on any atom is 0.315 e. The standard InChI is InChI=1S/C18H22FN5O2/c1-18(2,3)21-16(25)14-13-10-23(17(20)26)7-8-24(13)22-15(14)11-5-4-6-12(19)9-11/h4-6,9H,7-8,10H2,1-3H3,(H2,20,26)(H,21,25). The molecule has 0 radical (unpaired) electrons. The number of fused-ring (bicyclic) bond motifs is 1. The number of nitrogens with zero attached hydrogens (tertiary/aromatic N) is 3. The van der Waals surface area contributed by atoms with Gasteiger partial charge in [0, 0.05) is 17.6 Å². The summed E-state index contributed by atoms with van der Waals surface area (Å²) in [6.45, 7) is 6.64. The van der Waals surface area contributed by atoms with Crippen LogP contribution in [0.4, 0.5) is 9.18 Å². The Morgan fingerprint density at radius 2 is 2.00 bits per heavy atom. The number of carbonyl (C=O) groups is 2. The molecule has 1 aromatic heterocycles. The summed E-state index contributed by atoms with van der Waals surface area (Å²) in [4.78, 5) is 26.0. The Morgan fingerprint density at radius 3 is 2.62 bits per heavy atom. The molecule has 0 spiro atoms. The van der Waals surface area contributed by atoms with Crippen LogP contribution < -0.4 is 11.1 Å². The van der Waals surface area contributed by atoms with E-state index in [0.29, 0.717) is 35.6 Å². The minimum atomic E-state index is -0.549. The first-order chi connectivity index (χ1) is 12.2. The van der Waals surface area contributed by atoms with Gasteiger partial charge in [0.25, 0.3) is 5.91 Å². The third-order valence-corrected chi connectivity index (χ3v) is 4.11. The molecular weight excluding hydrogens is 337 g/mol. The zero-order chi connectivity index (χ0) is 19.1. The van der Waals surface area contributed by atoms with Crippen molar-refractivity contribution in [3.63, 3.8) is 0 Å². The molecule has 0 saturated heterocycles. The van der Waals surface area contributed by atoms with E-state index in [2.05, 4.69) is 10.4 Å². The lowest BCUT2D eigenvalue weighted by Gasteiger charge is -2.27. The van der Waals surface area contributed by atoms with Crippen LogP contribution in [-0.4, -0.2) is 38.7 Å². The second kappa shape index (κ2) is 6.44. The van der Waals surface area contributed by atoms with E-state index < -0.39 is 17.4 Å². The van der Waals surface area contributed by atoms with Crippen LogP contribution >= 0.6 is 0 Å². The van der Waals surface area contributed by atoms with Crippen molar-refractivity contribution >= 4 is 11.9 Å². The van der Waals surface area contributed by atoms with E-state index in [1.165, 1.54) is 17.0 Å². The lowest BCUT2D eigenvalue weighted by molar-refractivity contribution is 0.0916. The van der Waals surface area contributed by atoms with Crippen LogP contribution in [0.1, 0.15) is 36.8 Å². The highest BCUT2D eigenvalue weighted by Crippen LogP contribution is 2.29. The number of urea groups is 1. The van der Waals surface area contributed by atoms with Crippen LogP contribution in [0.25, 0.3) is 11.3 Å². The van der Waals surface area contributed by atoms with Gasteiger partial charge in [-0.3, -0.25) is 9.48 Å². The molecule has 2 heterocycles. The van der Waals surface area contributed by atoms with Gasteiger partial charge in [0.1, 0.15) is 11.5 Å². The molecule has 26 heavy (non-hydrogen) atoms. The summed E-state index contributed by atoms with van der Waals surface area (Å²) in [5.74, 6) is -0.723. The van der Waals surface area contributed by atoms with E-state index >= 15 is 0 Å². The van der Waals surface area contributed by atoms with Crippen LogP contribution in [0.2, 0.25) is 0 Å². The Morgan fingerprint density at radius 1 is 1.27 bits per heavy atom. The van der Waals surface area contributed by atoms with Gasteiger partial charge in [0.05, 0.1) is 24.3 Å². The van der Waals surface area contributed by atoms with Gasteiger partial charge >= 0.3 is 6.03 Å². The van der Waals surface area contributed by atoms with Crippen molar-refractivity contribution < 1.29 is 14.0 Å². The lowest BCUT2D eigenvalue weighted by atomic mass is 10.0. The maximum atomic E-state index is 13.7. The summed E-state index contributed by atoms with van der Waals surface area (Å²) >= 11 is 0. The molecule has 3 amide bonds. The van der Waals surface area contributed by atoms with Crippen LogP contribution in [0.15, 0.2) is 24.3 Å². The van der Waals surface area contributed by atoms with Gasteiger partial charge in [-0.2, -0.15) is 5.10 Å². The lowest BCUT2D eigenvalue weighted by Crippen LogP contribution is -2.44. The molecule has 8 heteroatoms. The number of hydrogen-bond donors (Lipinski definition) is 2. The first-order valence-corrected chi connectivity index (χ1v) is 8.38. The smallest absolute Gasteiger partial charge is 0.315 e. The number of hydrogen-bond acceptors (Lipinski definition) is 3. The third kappa shape index (κ3) is 3.54. The molecule has 0 saturated carbocycles. The summed E-state index contributed by atoms with van der Waals surface area (Å²) in [6.07, 6.45) is 0. The van der Waals surface area contributed by atoms with Crippen molar-refractivity contribution in [1.82, 2.24) is 20.0 Å². The molecule has 3 N–H and O–H groups in total. The Balaban J connectivity index is 2.13. The molecule has 0 unspecified atom stereocenters. The van der Waals surface area contributed by atoms with Gasteiger partial charge in [-0.1, -0.05) is 12.1 Å². The fourth-order valence-electron chi connectivity index (χ4n) is 2.99. The average molecular weight is 359 g/mol. The van der Waals surface area contributed by atoms with Gasteiger partial charge in [-0.05, 0) is 32.9 Å². The molecule has 3 rings (SSSR count). The molecule has 0 atom stereocenters. The van der Waals surface area contributed by atoms with Crippen molar-refractivity contribution in [1.29, 1.82) is 0 Å². The first kappa shape index (κ1) is 17.9. The van der Waals surface area contributed by atoms with E-state index in [1.807, 2.05) is 20.8 Å². The number of amides is 3. The van der Waals surface area contributed by atoms with Crippen molar-refractivity contribution in [3.8, 4) is 11.3 Å². The topological polar surface area (TPSA) is 93.2 Å². The Hall–Kier alpha value is -2.90. The first-order valence-electron chi connectivity index (χ1n) is 8.38. The van der Waals surface area contributed by atoms with Gasteiger partial charge < -0.3 is 16.0 Å². The normalized spacial score (nSPS) is 14.1. The zero-order valence-electron chi connectivity index (χ0n) is 15.0. The molecule has 138 valence electrons. The van der Waals surface area contributed by atoms with Crippen LogP contribution in [0.5, 0.6) is 0 Å². The van der Waals surface area contributed by atoms with Crippen molar-refractivity contribution in [2.24, 2.45) is 5.73 Å². The highest BCUT2D eigenvalue weighted by molar-refractivity contribution is 6.01. The molecular formula is C18H22FN5O2. The molecule has 1 aromatic carbocycles. The van der Waals surface area contributed by atoms with Gasteiger partial charge in [0.2, 0.25) is 0 Å². The quantitative estimate of drug-likeness (QED) is 0.860. The predicted molar refractivity (Wildman–Crippen MR) is 94.8 cm³/mol. The summed E-state index contributed by atoms with van der Waals surface area (Å²) in [6, 6.07) is 5.41. The van der Waals surface area contributed by atoms with Gasteiger partial charge in [-0.15, -0.1) is 0 Å². The van der Waals surface area contributed by atoms with E-state index in [1.54, 1.807) is 16.8 Å². The van der Waals surface area contributed by atoms with E-state index in [-0.39, 0.29) is 12.5 Å². The molecule has 0 aliphatic carbocycles. The van der Waals surface area contributed by atoms with Crippen LogP contribution in [-0.2, 0) is 13.1 Å². The van der Waals surface area contributed by atoms with Gasteiger partial charge in [0.15, 0.2) is 0 Å². The minimum absolute atomic E-state index is 0.185. The number of nitrogens with one attached hydrogen (secondary N) is 1. The fourth-order valence-corrected chi connectivity index (χ4v) is 2.99. The zero-order valence-corrected chi connectivity index (χ0v) is 15.0. The minimum Gasteiger partial charge on any atom is -0.351 e. The van der Waals surface area contributed by atoms with Crippen molar-refractivity contribution in [2.75, 3.05) is 6.54 Å². The fraction of sp³-hybridized carbons (Fsp3) is 0.389. The molecule has 1 aliphatic rings. The Kier molecular flexibility index (Phi) is 4.43. The van der Waals surface area contributed by atoms with E-state index in [4.69, 9.17) is 5.73 Å². The Bertz CT molecular complexity index is 869. The van der Waals surface area contributed by atoms with Gasteiger partial charge in [-0.25, -0.2) is 9.18 Å². The summed E-state index contributed by atoms with van der Waals surface area (Å²) in [5, 5.41) is 7.44. The molecule has 1 aliphatic heterocycles. The summed E-state index contributed by atoms with van der Waals surface area (Å²) < 4.78 is 15.4. The number of primary amides is 1. The average Bonchev–Trinajstić information content (AvgIpc) is 2.91. The van der Waals surface area contributed by atoms with E-state index in [0.717, 1.165) is 0 Å². The van der Waals surface area contributed by atoms with Crippen molar-refractivity contribution in [3.05, 3.63) is 41.3 Å². The molecule has 7 nitrogen and oxygen atoms in total. The van der Waals surface area contributed by atoms with Crippen LogP contribution in [0.3, 0.4) is 0 Å². The number of nitrogens with two attached hydrogens (primary N) is 1. The number of rotatable bonds is 2. The molecule has 0 fully saturated rings. The van der Waals surface area contributed by atoms with Crippen molar-refractivity contribution in [2.45, 2.75) is 39.4 Å². The van der Waals surface area contributed by atoms with E-state index in [9.17, 15) is 14.0 Å². The summed E-state index contributed by atoms with van der Waals surface area (Å²) in [5.41, 5.74) is 6.79. The second-order valence-corrected chi connectivity index (χ2v) is 7.37. The SMILES string of the molecule is CC(C)(C)NC(=O)c1c(-c2cccc(F)c2)nn2c1CN(C(N)=O)CC2. The highest BCUT2D eigenvalue weighted by atomic mass is 19.1. The molecule has 0 bridgehead atoms. The predicted octanol–water partition coefficient (Wildman–Crippen LogP) is 2.11. The molecule has 2 aromatic rings. The number of carbonyl (C=O) groups excluding carboxylic acids is 2. The highest BCUT2D eigenvalue weighted by Gasteiger charge is 2.31. The summed E-state index contributed by atoms with van der Waals surface area (Å²) in [7, 11) is 0. The van der Waals surface area contributed by atoms with Crippen LogP contribution in [0, 0.1) is 5.82 Å². The largest absolute Gasteiger partial charge is 0.351 e. The Labute approximate surface area is 151 Å². The number of benzene rings is 1. The maximum absolute atomic E-state index is 13.7. The number of aromatic nitrogens is 2. The number of halogens is 1. The monoisotopic (exact) mass is 359 g/mol. The second-order valence-electron chi connectivity index (χ2n) is 7.37. The third-order valence-electron chi connectivity index (χ3n) is 4.11.